The van der Waals surface area contributed by atoms with Crippen LogP contribution in [0.25, 0.3) is 0 Å². The number of fused-ring (bicyclic) bond motifs is 5. The number of ketones is 1. The summed E-state index contributed by atoms with van der Waals surface area (Å²) < 4.78 is 0. The minimum absolute atomic E-state index is 0.109. The van der Waals surface area contributed by atoms with Crippen molar-refractivity contribution in [1.82, 2.24) is 0 Å². The molecule has 4 aliphatic rings. The monoisotopic (exact) mass is 298 g/mol. The van der Waals surface area contributed by atoms with E-state index < -0.39 is 0 Å². The van der Waals surface area contributed by atoms with Crippen molar-refractivity contribution < 1.29 is 9.90 Å². The second-order valence-corrected chi connectivity index (χ2v) is 8.29. The van der Waals surface area contributed by atoms with Gasteiger partial charge in [0.1, 0.15) is 0 Å². The molecule has 22 heavy (non-hydrogen) atoms. The summed E-state index contributed by atoms with van der Waals surface area (Å²) in [6, 6.07) is 0. The topological polar surface area (TPSA) is 37.3 Å². The van der Waals surface area contributed by atoms with Crippen molar-refractivity contribution in [2.24, 2.45) is 35.0 Å². The summed E-state index contributed by atoms with van der Waals surface area (Å²) in [4.78, 5) is 12.1. The molecule has 7 atom stereocenters. The fourth-order valence-corrected chi connectivity index (χ4v) is 6.31. The van der Waals surface area contributed by atoms with Crippen molar-refractivity contribution in [3.05, 3.63) is 11.6 Å². The van der Waals surface area contributed by atoms with Crippen LogP contribution in [0.1, 0.15) is 51.9 Å². The van der Waals surface area contributed by atoms with Crippen molar-refractivity contribution in [2.75, 3.05) is 0 Å². The Morgan fingerprint density at radius 2 is 2.09 bits per heavy atom. The molecule has 0 heterocycles. The van der Waals surface area contributed by atoms with Crippen LogP contribution in [0.3, 0.4) is 0 Å². The van der Waals surface area contributed by atoms with Crippen LogP contribution in [0.4, 0.5) is 0 Å². The first-order valence-electron chi connectivity index (χ1n) is 8.93. The Bertz CT molecular complexity index is 569. The molecule has 0 aromatic carbocycles. The predicted octanol–water partition coefficient (Wildman–Crippen LogP) is 3.35. The number of rotatable bonds is 0. The number of aliphatic hydroxyl groups excluding tert-OH is 1. The molecule has 0 aliphatic heterocycles. The summed E-state index contributed by atoms with van der Waals surface area (Å²) in [6.45, 7) is 2.31. The number of hydrogen-bond donors (Lipinski definition) is 1. The summed E-state index contributed by atoms with van der Waals surface area (Å²) in [5.41, 5.74) is 1.51. The van der Waals surface area contributed by atoms with E-state index >= 15 is 0 Å². The molecular formula is C20H26O2. The van der Waals surface area contributed by atoms with Gasteiger partial charge in [0, 0.05) is 0 Å². The lowest BCUT2D eigenvalue weighted by molar-refractivity contribution is -0.118. The van der Waals surface area contributed by atoms with E-state index in [2.05, 4.69) is 12.8 Å². The average molecular weight is 298 g/mol. The highest BCUT2D eigenvalue weighted by atomic mass is 16.3. The standard InChI is InChI=1S/C20H26O2/c1-3-12-10-16-13(11-18(12)21)4-5-15-14(16)8-9-20(2)17(15)6-7-19(20)22/h1,11-12,14-17,19,22H,4-10H2,2H3/t12?,14-,15+,16-,17-,19-,20-/m0/s1. The molecule has 118 valence electrons. The van der Waals surface area contributed by atoms with Crippen molar-refractivity contribution in [3.8, 4) is 12.3 Å². The number of aliphatic hydroxyl groups is 1. The van der Waals surface area contributed by atoms with E-state index in [1.165, 1.54) is 24.8 Å². The second kappa shape index (κ2) is 4.96. The summed E-state index contributed by atoms with van der Waals surface area (Å²) in [5, 5.41) is 10.4. The zero-order valence-corrected chi connectivity index (χ0v) is 13.4. The number of carbonyl (C=O) groups is 1. The van der Waals surface area contributed by atoms with Crippen molar-refractivity contribution in [1.29, 1.82) is 0 Å². The number of carbonyl (C=O) groups excluding carboxylic acids is 1. The van der Waals surface area contributed by atoms with Gasteiger partial charge in [-0.1, -0.05) is 18.4 Å². The van der Waals surface area contributed by atoms with Crippen LogP contribution in [0.2, 0.25) is 0 Å². The maximum absolute atomic E-state index is 12.1. The van der Waals surface area contributed by atoms with Gasteiger partial charge in [0.15, 0.2) is 5.78 Å². The van der Waals surface area contributed by atoms with Crippen LogP contribution in [0.15, 0.2) is 11.6 Å². The lowest BCUT2D eigenvalue weighted by Gasteiger charge is -2.53. The summed E-state index contributed by atoms with van der Waals surface area (Å²) >= 11 is 0. The first kappa shape index (κ1) is 14.5. The van der Waals surface area contributed by atoms with Crippen LogP contribution >= 0.6 is 0 Å². The number of allylic oxidation sites excluding steroid dienone is 1. The van der Waals surface area contributed by atoms with Gasteiger partial charge in [0.25, 0.3) is 0 Å². The molecule has 4 rings (SSSR count). The normalized spacial score (nSPS) is 50.4. The van der Waals surface area contributed by atoms with Gasteiger partial charge in [-0.05, 0) is 80.1 Å². The molecule has 0 aromatic rings. The molecule has 0 amide bonds. The van der Waals surface area contributed by atoms with Gasteiger partial charge in [-0.15, -0.1) is 6.42 Å². The van der Waals surface area contributed by atoms with Gasteiger partial charge in [-0.25, -0.2) is 0 Å². The molecule has 0 radical (unpaired) electrons. The minimum atomic E-state index is -0.199. The quantitative estimate of drug-likeness (QED) is 0.696. The fourth-order valence-electron chi connectivity index (χ4n) is 6.31. The maximum Gasteiger partial charge on any atom is 0.170 e. The van der Waals surface area contributed by atoms with Gasteiger partial charge < -0.3 is 5.11 Å². The minimum Gasteiger partial charge on any atom is -0.393 e. The van der Waals surface area contributed by atoms with Gasteiger partial charge in [-0.3, -0.25) is 4.79 Å². The Balaban J connectivity index is 1.64. The smallest absolute Gasteiger partial charge is 0.170 e. The van der Waals surface area contributed by atoms with Crippen LogP contribution in [0, 0.1) is 47.3 Å². The Morgan fingerprint density at radius 3 is 2.86 bits per heavy atom. The first-order valence-corrected chi connectivity index (χ1v) is 8.93. The molecule has 1 unspecified atom stereocenters. The molecule has 2 heteroatoms. The molecule has 1 N–H and O–H groups in total. The Labute approximate surface area is 133 Å². The molecule has 0 bridgehead atoms. The third kappa shape index (κ3) is 1.88. The highest BCUT2D eigenvalue weighted by Crippen LogP contribution is 2.61. The Kier molecular flexibility index (Phi) is 3.28. The van der Waals surface area contributed by atoms with Crippen LogP contribution in [0.5, 0.6) is 0 Å². The Hall–Kier alpha value is -1.07. The van der Waals surface area contributed by atoms with E-state index in [4.69, 9.17) is 6.42 Å². The SMILES string of the molecule is C#CC1C[C@H]2C(=CC1=O)CC[C@@H]1[C@@H]2CC[C@]2(C)[C@@H](O)CC[C@@H]12. The molecule has 4 aliphatic carbocycles. The highest BCUT2D eigenvalue weighted by molar-refractivity contribution is 5.95. The van der Waals surface area contributed by atoms with Gasteiger partial charge in [0.2, 0.25) is 0 Å². The fraction of sp³-hybridized carbons (Fsp3) is 0.750. The second-order valence-electron chi connectivity index (χ2n) is 8.29. The molecule has 0 saturated heterocycles. The largest absolute Gasteiger partial charge is 0.393 e. The molecular weight excluding hydrogens is 272 g/mol. The lowest BCUT2D eigenvalue weighted by atomic mass is 9.51. The van der Waals surface area contributed by atoms with Crippen LogP contribution < -0.4 is 0 Å². The van der Waals surface area contributed by atoms with E-state index in [1.807, 2.05) is 6.08 Å². The van der Waals surface area contributed by atoms with Crippen molar-refractivity contribution in [3.63, 3.8) is 0 Å². The lowest BCUT2D eigenvalue weighted by Crippen LogP contribution is -2.48. The van der Waals surface area contributed by atoms with Crippen molar-refractivity contribution in [2.45, 2.75) is 58.0 Å². The maximum atomic E-state index is 12.1. The third-order valence-corrected chi connectivity index (χ3v) is 7.56. The van der Waals surface area contributed by atoms with E-state index in [0.29, 0.717) is 17.8 Å². The van der Waals surface area contributed by atoms with Crippen molar-refractivity contribution >= 4 is 5.78 Å². The predicted molar refractivity (Wildman–Crippen MR) is 85.8 cm³/mol. The average Bonchev–Trinajstić information content (AvgIpc) is 2.82. The number of hydrogen-bond acceptors (Lipinski definition) is 2. The molecule has 3 fully saturated rings. The number of terminal acetylenes is 1. The third-order valence-electron chi connectivity index (χ3n) is 7.56. The zero-order chi connectivity index (χ0) is 15.5. The van der Waals surface area contributed by atoms with E-state index in [9.17, 15) is 9.90 Å². The molecule has 2 nitrogen and oxygen atoms in total. The Morgan fingerprint density at radius 1 is 1.27 bits per heavy atom. The summed E-state index contributed by atoms with van der Waals surface area (Å²) in [6.07, 6.45) is 15.0. The van der Waals surface area contributed by atoms with Gasteiger partial charge in [0.05, 0.1) is 12.0 Å². The van der Waals surface area contributed by atoms with Gasteiger partial charge >= 0.3 is 0 Å². The van der Waals surface area contributed by atoms with E-state index in [1.54, 1.807) is 0 Å². The van der Waals surface area contributed by atoms with Crippen LogP contribution in [-0.4, -0.2) is 17.0 Å². The summed E-state index contributed by atoms with van der Waals surface area (Å²) in [7, 11) is 0. The van der Waals surface area contributed by atoms with Gasteiger partial charge in [-0.2, -0.15) is 0 Å². The highest BCUT2D eigenvalue weighted by Gasteiger charge is 2.56. The summed E-state index contributed by atoms with van der Waals surface area (Å²) in [5.74, 6) is 5.28. The van der Waals surface area contributed by atoms with E-state index in [-0.39, 0.29) is 23.2 Å². The zero-order valence-electron chi connectivity index (χ0n) is 13.4. The molecule has 0 aromatic heterocycles. The molecule has 3 saturated carbocycles. The van der Waals surface area contributed by atoms with Crippen LogP contribution in [-0.2, 0) is 4.79 Å². The first-order chi connectivity index (χ1) is 10.5. The van der Waals surface area contributed by atoms with E-state index in [0.717, 1.165) is 31.6 Å². The molecule has 0 spiro atoms.